The van der Waals surface area contributed by atoms with Gasteiger partial charge in [-0.15, -0.1) is 11.3 Å². The lowest BCUT2D eigenvalue weighted by Crippen LogP contribution is -2.28. The molecule has 32 heavy (non-hydrogen) atoms. The van der Waals surface area contributed by atoms with Crippen molar-refractivity contribution in [3.05, 3.63) is 101 Å². The van der Waals surface area contributed by atoms with Crippen LogP contribution in [0.1, 0.15) is 22.7 Å². The first-order valence-electron chi connectivity index (χ1n) is 10.2. The van der Waals surface area contributed by atoms with E-state index >= 15 is 0 Å². The van der Waals surface area contributed by atoms with Crippen molar-refractivity contribution < 1.29 is 9.47 Å². The number of methoxy groups -OCH3 is 1. The Hall–Kier alpha value is -3.42. The zero-order valence-corrected chi connectivity index (χ0v) is 19.0. The topological polar surface area (TPSA) is 46.6 Å². The highest BCUT2D eigenvalue weighted by atomic mass is 32.1. The molecule has 0 saturated carbocycles. The largest absolute Gasteiger partial charge is 0.497 e. The monoisotopic (exact) mass is 459 g/mol. The molecule has 1 fully saturated rings. The first kappa shape index (κ1) is 20.5. The van der Waals surface area contributed by atoms with Crippen molar-refractivity contribution in [2.24, 2.45) is 0 Å². The van der Waals surface area contributed by atoms with Crippen LogP contribution in [0.2, 0.25) is 0 Å². The van der Waals surface area contributed by atoms with Gasteiger partial charge in [0.15, 0.2) is 5.11 Å². The molecule has 4 aromatic rings. The maximum absolute atomic E-state index is 5.98. The van der Waals surface area contributed by atoms with Crippen LogP contribution < -0.4 is 19.7 Å². The first-order valence-corrected chi connectivity index (χ1v) is 11.5. The first-order chi connectivity index (χ1) is 15.7. The molecule has 0 radical (unpaired) electrons. The predicted octanol–water partition coefficient (Wildman–Crippen LogP) is 6.12. The molecule has 1 aliphatic rings. The van der Waals surface area contributed by atoms with Crippen LogP contribution in [0.25, 0.3) is 0 Å². The van der Waals surface area contributed by atoms with Crippen LogP contribution in [0.3, 0.4) is 0 Å². The van der Waals surface area contributed by atoms with Gasteiger partial charge >= 0.3 is 0 Å². The van der Waals surface area contributed by atoms with Crippen LogP contribution in [0, 0.1) is 0 Å². The van der Waals surface area contributed by atoms with E-state index in [9.17, 15) is 0 Å². The molecular formula is C25H21N3O2S2. The number of thiophene rings is 1. The molecule has 0 aliphatic carbocycles. The van der Waals surface area contributed by atoms with Crippen molar-refractivity contribution in [1.82, 2.24) is 10.3 Å². The molecule has 3 heterocycles. The molecule has 2 atom stereocenters. The van der Waals surface area contributed by atoms with E-state index in [1.165, 1.54) is 4.88 Å². The average molecular weight is 460 g/mol. The Balaban J connectivity index is 1.42. The van der Waals surface area contributed by atoms with E-state index in [4.69, 9.17) is 21.7 Å². The number of hydrogen-bond donors (Lipinski definition) is 1. The number of thiocarbonyl (C=S) groups is 1. The zero-order valence-electron chi connectivity index (χ0n) is 17.3. The standard InChI is InChI=1S/C25H21N3O2S2/c1-29-18-11-13-20(14-12-18)30-19-9-7-17(8-10-19)28-24(22-6-4-16-32-22)23(27-25(28)31)21-5-2-3-15-26-21/h2-16,23-24H,1H3,(H,27,31)/t23-,24-/m0/s1. The molecule has 0 amide bonds. The van der Waals surface area contributed by atoms with Gasteiger partial charge in [0.25, 0.3) is 0 Å². The number of benzene rings is 2. The van der Waals surface area contributed by atoms with Crippen LogP contribution >= 0.6 is 23.6 Å². The van der Waals surface area contributed by atoms with Crippen molar-refractivity contribution in [3.63, 3.8) is 0 Å². The third-order valence-electron chi connectivity index (χ3n) is 5.34. The van der Waals surface area contributed by atoms with Gasteiger partial charge in [-0.25, -0.2) is 0 Å². The summed E-state index contributed by atoms with van der Waals surface area (Å²) in [5, 5.41) is 6.26. The minimum atomic E-state index is -0.0300. The van der Waals surface area contributed by atoms with Crippen LogP contribution in [-0.2, 0) is 0 Å². The third-order valence-corrected chi connectivity index (χ3v) is 6.60. The molecule has 160 valence electrons. The molecule has 0 bridgehead atoms. The maximum Gasteiger partial charge on any atom is 0.174 e. The number of pyridine rings is 1. The molecule has 5 rings (SSSR count). The van der Waals surface area contributed by atoms with Crippen molar-refractivity contribution in [2.75, 3.05) is 12.0 Å². The summed E-state index contributed by atoms with van der Waals surface area (Å²) in [6.07, 6.45) is 1.82. The maximum atomic E-state index is 5.98. The van der Waals surface area contributed by atoms with Gasteiger partial charge in [-0.1, -0.05) is 12.1 Å². The fourth-order valence-electron chi connectivity index (χ4n) is 3.84. The Morgan fingerprint density at radius 1 is 0.906 bits per heavy atom. The molecule has 2 aromatic carbocycles. The summed E-state index contributed by atoms with van der Waals surface area (Å²) in [5.41, 5.74) is 1.97. The van der Waals surface area contributed by atoms with E-state index in [1.54, 1.807) is 18.4 Å². The Morgan fingerprint density at radius 2 is 1.62 bits per heavy atom. The second-order valence-electron chi connectivity index (χ2n) is 7.28. The van der Waals surface area contributed by atoms with E-state index < -0.39 is 0 Å². The van der Waals surface area contributed by atoms with E-state index in [0.29, 0.717) is 5.11 Å². The third kappa shape index (κ3) is 4.04. The number of anilines is 1. The van der Waals surface area contributed by atoms with E-state index in [2.05, 4.69) is 32.7 Å². The van der Waals surface area contributed by atoms with Crippen LogP contribution in [0.5, 0.6) is 17.2 Å². The Labute approximate surface area is 196 Å². The highest BCUT2D eigenvalue weighted by molar-refractivity contribution is 7.80. The Morgan fingerprint density at radius 3 is 2.25 bits per heavy atom. The van der Waals surface area contributed by atoms with E-state index in [1.807, 2.05) is 72.9 Å². The number of hydrogen-bond acceptors (Lipinski definition) is 5. The summed E-state index contributed by atoms with van der Waals surface area (Å²) < 4.78 is 11.2. The normalized spacial score (nSPS) is 17.8. The quantitative estimate of drug-likeness (QED) is 0.351. The van der Waals surface area contributed by atoms with E-state index in [-0.39, 0.29) is 12.1 Å². The lowest BCUT2D eigenvalue weighted by molar-refractivity contribution is 0.413. The van der Waals surface area contributed by atoms with Gasteiger partial charge in [-0.3, -0.25) is 4.98 Å². The number of rotatable bonds is 6. The van der Waals surface area contributed by atoms with Gasteiger partial charge in [0.2, 0.25) is 0 Å². The molecule has 1 saturated heterocycles. The van der Waals surface area contributed by atoms with Crippen molar-refractivity contribution in [2.45, 2.75) is 12.1 Å². The second kappa shape index (κ2) is 8.98. The average Bonchev–Trinajstić information content (AvgIpc) is 3.48. The van der Waals surface area contributed by atoms with Gasteiger partial charge < -0.3 is 19.7 Å². The molecule has 1 N–H and O–H groups in total. The van der Waals surface area contributed by atoms with Crippen LogP contribution in [0.4, 0.5) is 5.69 Å². The highest BCUT2D eigenvalue weighted by Crippen LogP contribution is 2.43. The zero-order chi connectivity index (χ0) is 21.9. The van der Waals surface area contributed by atoms with Gasteiger partial charge in [0.05, 0.1) is 24.9 Å². The number of nitrogens with zero attached hydrogens (tertiary/aromatic N) is 2. The summed E-state index contributed by atoms with van der Waals surface area (Å²) in [7, 11) is 1.65. The molecule has 5 nitrogen and oxygen atoms in total. The Kier molecular flexibility index (Phi) is 5.75. The molecule has 2 aromatic heterocycles. The van der Waals surface area contributed by atoms with Gasteiger partial charge in [0.1, 0.15) is 17.2 Å². The van der Waals surface area contributed by atoms with E-state index in [0.717, 1.165) is 28.6 Å². The number of ether oxygens (including phenoxy) is 2. The van der Waals surface area contributed by atoms with Crippen LogP contribution in [0.15, 0.2) is 90.4 Å². The SMILES string of the molecule is COc1ccc(Oc2ccc(N3C(=S)N[C@@H](c4ccccn4)[C@@H]3c3cccs3)cc2)cc1. The molecule has 7 heteroatoms. The molecule has 0 unspecified atom stereocenters. The molecule has 0 spiro atoms. The highest BCUT2D eigenvalue weighted by Gasteiger charge is 2.41. The van der Waals surface area contributed by atoms with Crippen molar-refractivity contribution >= 4 is 34.4 Å². The minimum Gasteiger partial charge on any atom is -0.497 e. The number of aromatic nitrogens is 1. The summed E-state index contributed by atoms with van der Waals surface area (Å²) in [6, 6.07) is 25.7. The fraction of sp³-hybridized carbons (Fsp3) is 0.120. The van der Waals surface area contributed by atoms with Gasteiger partial charge in [0, 0.05) is 16.8 Å². The van der Waals surface area contributed by atoms with Crippen molar-refractivity contribution in [1.29, 1.82) is 0 Å². The Bertz CT molecular complexity index is 1180. The summed E-state index contributed by atoms with van der Waals surface area (Å²) in [5.74, 6) is 2.30. The predicted molar refractivity (Wildman–Crippen MR) is 132 cm³/mol. The van der Waals surface area contributed by atoms with Crippen LogP contribution in [-0.4, -0.2) is 17.2 Å². The lowest BCUT2D eigenvalue weighted by Gasteiger charge is -2.27. The summed E-state index contributed by atoms with van der Waals surface area (Å²) in [4.78, 5) is 7.98. The lowest BCUT2D eigenvalue weighted by atomic mass is 10.0. The number of nitrogens with one attached hydrogen (secondary N) is 1. The minimum absolute atomic E-state index is 0.0192. The molecule has 1 aliphatic heterocycles. The van der Waals surface area contributed by atoms with Gasteiger partial charge in [-0.2, -0.15) is 0 Å². The summed E-state index contributed by atoms with van der Waals surface area (Å²) in [6.45, 7) is 0. The summed E-state index contributed by atoms with van der Waals surface area (Å²) >= 11 is 7.48. The van der Waals surface area contributed by atoms with Gasteiger partial charge in [-0.05, 0) is 84.3 Å². The smallest absolute Gasteiger partial charge is 0.174 e. The fourth-order valence-corrected chi connectivity index (χ4v) is 5.03. The second-order valence-corrected chi connectivity index (χ2v) is 8.65. The van der Waals surface area contributed by atoms with Crippen molar-refractivity contribution in [3.8, 4) is 17.2 Å². The molecular weight excluding hydrogens is 438 g/mol.